The molecule has 0 unspecified atom stereocenters. The van der Waals surface area contributed by atoms with Crippen LogP contribution in [-0.2, 0) is 16.6 Å². The van der Waals surface area contributed by atoms with E-state index in [0.717, 1.165) is 16.5 Å². The molecule has 0 aliphatic rings. The second-order valence-corrected chi connectivity index (χ2v) is 7.70. The molecule has 2 rings (SSSR count). The Bertz CT molecular complexity index is 884. The zero-order valence-corrected chi connectivity index (χ0v) is 15.3. The third-order valence-electron chi connectivity index (χ3n) is 3.78. The fraction of sp³-hybridized carbons (Fsp3) is 0.278. The van der Waals surface area contributed by atoms with E-state index in [9.17, 15) is 26.4 Å². The summed E-state index contributed by atoms with van der Waals surface area (Å²) in [6.45, 7) is -0.432. The molecule has 146 valence electrons. The van der Waals surface area contributed by atoms with Gasteiger partial charge >= 0.3 is 6.18 Å². The number of sulfonamides is 1. The summed E-state index contributed by atoms with van der Waals surface area (Å²) in [4.78, 5) is 13.0. The molecule has 0 aliphatic carbocycles. The van der Waals surface area contributed by atoms with Gasteiger partial charge < -0.3 is 4.90 Å². The molecule has 1 amide bonds. The smallest absolute Gasteiger partial charge is 0.341 e. The summed E-state index contributed by atoms with van der Waals surface area (Å²) in [5.41, 5.74) is 0.766. The highest BCUT2D eigenvalue weighted by molar-refractivity contribution is 7.89. The fourth-order valence-electron chi connectivity index (χ4n) is 2.27. The Kier molecular flexibility index (Phi) is 6.61. The van der Waals surface area contributed by atoms with Gasteiger partial charge in [0.15, 0.2) is 0 Å². The molecule has 0 bridgehead atoms. The normalized spacial score (nSPS) is 12.0. The molecule has 0 aliphatic heterocycles. The third kappa shape index (κ3) is 6.37. The summed E-state index contributed by atoms with van der Waals surface area (Å²) in [6, 6.07) is 14.1. The van der Waals surface area contributed by atoms with Gasteiger partial charge in [-0.3, -0.25) is 4.79 Å². The Balaban J connectivity index is 2.10. The van der Waals surface area contributed by atoms with E-state index in [2.05, 4.69) is 4.72 Å². The van der Waals surface area contributed by atoms with Crippen molar-refractivity contribution in [3.63, 3.8) is 0 Å². The Morgan fingerprint density at radius 1 is 1.07 bits per heavy atom. The topological polar surface area (TPSA) is 66.5 Å². The first-order chi connectivity index (χ1) is 12.6. The van der Waals surface area contributed by atoms with Crippen LogP contribution in [0.1, 0.15) is 22.3 Å². The van der Waals surface area contributed by atoms with Crippen LogP contribution in [0.4, 0.5) is 13.2 Å². The molecule has 5 nitrogen and oxygen atoms in total. The summed E-state index contributed by atoms with van der Waals surface area (Å²) in [7, 11) is -2.64. The van der Waals surface area contributed by atoms with Crippen LogP contribution in [0.15, 0.2) is 59.5 Å². The van der Waals surface area contributed by atoms with E-state index in [1.165, 1.54) is 25.2 Å². The number of hydrogen-bond acceptors (Lipinski definition) is 3. The van der Waals surface area contributed by atoms with Gasteiger partial charge in [-0.25, -0.2) is 13.1 Å². The number of carbonyl (C=O) groups is 1. The minimum atomic E-state index is -4.37. The summed E-state index contributed by atoms with van der Waals surface area (Å²) < 4.78 is 64.2. The van der Waals surface area contributed by atoms with Gasteiger partial charge in [0.25, 0.3) is 5.91 Å². The predicted octanol–water partition coefficient (Wildman–Crippen LogP) is 3.19. The molecule has 2 aromatic carbocycles. The van der Waals surface area contributed by atoms with Crippen molar-refractivity contribution in [2.75, 3.05) is 13.6 Å². The highest BCUT2D eigenvalue weighted by Crippen LogP contribution is 2.20. The number of rotatable bonds is 7. The molecule has 1 N–H and O–H groups in total. The van der Waals surface area contributed by atoms with Crippen LogP contribution in [0, 0.1) is 0 Å². The molecule has 27 heavy (non-hydrogen) atoms. The molecule has 0 saturated carbocycles. The van der Waals surface area contributed by atoms with E-state index in [0.29, 0.717) is 0 Å². The van der Waals surface area contributed by atoms with Crippen molar-refractivity contribution < 1.29 is 26.4 Å². The number of alkyl halides is 3. The number of nitrogens with zero attached hydrogens (tertiary/aromatic N) is 1. The number of halogens is 3. The van der Waals surface area contributed by atoms with E-state index in [-0.39, 0.29) is 17.0 Å². The maximum absolute atomic E-state index is 12.4. The molecule has 2 aromatic rings. The lowest BCUT2D eigenvalue weighted by molar-refractivity contribution is -0.136. The van der Waals surface area contributed by atoms with Crippen molar-refractivity contribution in [1.82, 2.24) is 9.62 Å². The predicted molar refractivity (Wildman–Crippen MR) is 94.5 cm³/mol. The molecule has 0 heterocycles. The maximum atomic E-state index is 12.4. The van der Waals surface area contributed by atoms with E-state index < -0.39 is 35.1 Å². The summed E-state index contributed by atoms with van der Waals surface area (Å²) in [6.07, 6.45) is -5.51. The van der Waals surface area contributed by atoms with Crippen molar-refractivity contribution in [1.29, 1.82) is 0 Å². The minimum absolute atomic E-state index is 0.00209. The van der Waals surface area contributed by atoms with Crippen LogP contribution in [0.25, 0.3) is 0 Å². The molecule has 0 aromatic heterocycles. The Morgan fingerprint density at radius 2 is 1.74 bits per heavy atom. The molecule has 9 heteroatoms. The van der Waals surface area contributed by atoms with Crippen LogP contribution in [-0.4, -0.2) is 39.0 Å². The quantitative estimate of drug-likeness (QED) is 0.776. The Morgan fingerprint density at radius 3 is 2.37 bits per heavy atom. The van der Waals surface area contributed by atoms with Gasteiger partial charge in [-0.05, 0) is 23.8 Å². The average molecular weight is 400 g/mol. The lowest BCUT2D eigenvalue weighted by atomic mass is 10.2. The first-order valence-corrected chi connectivity index (χ1v) is 9.53. The highest BCUT2D eigenvalue weighted by Gasteiger charge is 2.28. The van der Waals surface area contributed by atoms with Gasteiger partial charge in [0.2, 0.25) is 10.0 Å². The van der Waals surface area contributed by atoms with Gasteiger partial charge in [-0.2, -0.15) is 13.2 Å². The van der Waals surface area contributed by atoms with E-state index in [1.807, 2.05) is 6.07 Å². The molecular weight excluding hydrogens is 381 g/mol. The maximum Gasteiger partial charge on any atom is 0.390 e. The van der Waals surface area contributed by atoms with Crippen LogP contribution < -0.4 is 4.72 Å². The number of hydrogen-bond donors (Lipinski definition) is 1. The van der Waals surface area contributed by atoms with Crippen molar-refractivity contribution >= 4 is 15.9 Å². The minimum Gasteiger partial charge on any atom is -0.341 e. The number of benzene rings is 2. The van der Waals surface area contributed by atoms with E-state index >= 15 is 0 Å². The number of amides is 1. The van der Waals surface area contributed by atoms with Gasteiger partial charge in [-0.15, -0.1) is 0 Å². The lowest BCUT2D eigenvalue weighted by Gasteiger charge is -2.18. The van der Waals surface area contributed by atoms with Gasteiger partial charge in [-0.1, -0.05) is 36.4 Å². The van der Waals surface area contributed by atoms with Crippen molar-refractivity contribution in [3.8, 4) is 0 Å². The fourth-order valence-corrected chi connectivity index (χ4v) is 3.33. The monoisotopic (exact) mass is 400 g/mol. The van der Waals surface area contributed by atoms with Crippen LogP contribution in [0.3, 0.4) is 0 Å². The van der Waals surface area contributed by atoms with Gasteiger partial charge in [0.05, 0.1) is 11.3 Å². The molecule has 0 saturated heterocycles. The molecule has 0 fully saturated rings. The summed E-state index contributed by atoms with van der Waals surface area (Å²) in [5, 5.41) is 0. The SMILES string of the molecule is CN(CCC(F)(F)F)C(=O)c1cccc(S(=O)(=O)NCc2ccccc2)c1. The number of nitrogens with one attached hydrogen (secondary N) is 1. The highest BCUT2D eigenvalue weighted by atomic mass is 32.2. The number of carbonyl (C=O) groups excluding carboxylic acids is 1. The van der Waals surface area contributed by atoms with Crippen LogP contribution in [0.5, 0.6) is 0 Å². The standard InChI is InChI=1S/C18H19F3N2O3S/c1-23(11-10-18(19,20)21)17(24)15-8-5-9-16(12-15)27(25,26)22-13-14-6-3-2-4-7-14/h2-9,12,22H,10-11,13H2,1H3. The summed E-state index contributed by atoms with van der Waals surface area (Å²) in [5.74, 6) is -0.681. The average Bonchev–Trinajstić information content (AvgIpc) is 2.64. The second-order valence-electron chi connectivity index (χ2n) is 5.93. The van der Waals surface area contributed by atoms with E-state index in [4.69, 9.17) is 0 Å². The third-order valence-corrected chi connectivity index (χ3v) is 5.18. The van der Waals surface area contributed by atoms with E-state index in [1.54, 1.807) is 24.3 Å². The summed E-state index contributed by atoms with van der Waals surface area (Å²) >= 11 is 0. The zero-order chi connectivity index (χ0) is 20.1. The van der Waals surface area contributed by atoms with Gasteiger partial charge in [0, 0.05) is 25.7 Å². The zero-order valence-electron chi connectivity index (χ0n) is 14.5. The first kappa shape index (κ1) is 20.9. The Hall–Kier alpha value is -2.39. The first-order valence-electron chi connectivity index (χ1n) is 8.04. The Labute approximate surface area is 155 Å². The van der Waals surface area contributed by atoms with Gasteiger partial charge in [0.1, 0.15) is 0 Å². The molecular formula is C18H19F3N2O3S. The van der Waals surface area contributed by atoms with Crippen molar-refractivity contribution in [2.45, 2.75) is 24.0 Å². The van der Waals surface area contributed by atoms with Crippen molar-refractivity contribution in [2.24, 2.45) is 0 Å². The second kappa shape index (κ2) is 8.53. The molecule has 0 spiro atoms. The molecule has 0 atom stereocenters. The largest absolute Gasteiger partial charge is 0.390 e. The van der Waals surface area contributed by atoms with Crippen molar-refractivity contribution in [3.05, 3.63) is 65.7 Å². The van der Waals surface area contributed by atoms with Crippen LogP contribution >= 0.6 is 0 Å². The lowest BCUT2D eigenvalue weighted by Crippen LogP contribution is -2.31. The molecule has 0 radical (unpaired) electrons. The van der Waals surface area contributed by atoms with Crippen LogP contribution in [0.2, 0.25) is 0 Å².